The maximum atomic E-state index is 13.2. The van der Waals surface area contributed by atoms with Crippen molar-refractivity contribution < 1.29 is 24.2 Å². The van der Waals surface area contributed by atoms with Crippen molar-refractivity contribution in [3.05, 3.63) is 93.0 Å². The summed E-state index contributed by atoms with van der Waals surface area (Å²) in [7, 11) is 1.25. The van der Waals surface area contributed by atoms with Crippen LogP contribution in [-0.2, 0) is 20.9 Å². The number of H-pyrrole nitrogens is 1. The van der Waals surface area contributed by atoms with Crippen molar-refractivity contribution >= 4 is 35.0 Å². The Labute approximate surface area is 200 Å². The molecule has 2 aromatic heterocycles. The summed E-state index contributed by atoms with van der Waals surface area (Å²) in [5, 5.41) is 11.9. The lowest BCUT2D eigenvalue weighted by Gasteiger charge is -2.25. The number of nitrogens with one attached hydrogen (secondary N) is 1. The zero-order valence-electron chi connectivity index (χ0n) is 18.8. The second-order valence-electron chi connectivity index (χ2n) is 7.96. The number of nitrogens with zero attached hydrogens (tertiary/aromatic N) is 2. The molecule has 0 spiro atoms. The molecule has 0 aliphatic carbocycles. The third kappa shape index (κ3) is 3.97. The molecule has 0 bridgehead atoms. The number of methoxy groups -OCH3 is 1. The molecule has 1 fully saturated rings. The highest BCUT2D eigenvalue weighted by Gasteiger charge is 2.46. The lowest BCUT2D eigenvalue weighted by molar-refractivity contribution is -0.140. The molecule has 4 rings (SSSR count). The lowest BCUT2D eigenvalue weighted by atomic mass is 9.94. The number of likely N-dealkylation sites (tertiary alicyclic amines) is 1. The van der Waals surface area contributed by atoms with E-state index in [1.54, 1.807) is 62.6 Å². The van der Waals surface area contributed by atoms with Crippen LogP contribution in [0.1, 0.15) is 44.5 Å². The van der Waals surface area contributed by atoms with Crippen molar-refractivity contribution in [2.75, 3.05) is 7.11 Å². The minimum absolute atomic E-state index is 0.0715. The van der Waals surface area contributed by atoms with Crippen LogP contribution in [-0.4, -0.2) is 44.7 Å². The zero-order chi connectivity index (χ0) is 24.6. The number of halogens is 1. The number of Topliss-reactive ketones (excluding diaryl/α,β-unsaturated/α-hetero) is 1. The summed E-state index contributed by atoms with van der Waals surface area (Å²) in [5.41, 5.74) is 2.57. The number of carbonyl (C=O) groups excluding carboxylic acids is 3. The minimum Gasteiger partial charge on any atom is -0.507 e. The maximum Gasteiger partial charge on any atom is 0.354 e. The number of esters is 1. The van der Waals surface area contributed by atoms with Gasteiger partial charge in [0.2, 0.25) is 0 Å². The third-order valence-corrected chi connectivity index (χ3v) is 6.12. The number of aliphatic hydroxyl groups is 1. The molecular formula is C25H22ClN3O5. The second kappa shape index (κ2) is 9.15. The predicted octanol–water partition coefficient (Wildman–Crippen LogP) is 4.09. The van der Waals surface area contributed by atoms with Crippen LogP contribution in [0.25, 0.3) is 5.76 Å². The average molecular weight is 480 g/mol. The minimum atomic E-state index is -0.868. The molecule has 1 unspecified atom stereocenters. The van der Waals surface area contributed by atoms with Gasteiger partial charge in [-0.2, -0.15) is 0 Å². The number of ketones is 1. The van der Waals surface area contributed by atoms with Crippen LogP contribution in [0.3, 0.4) is 0 Å². The fraction of sp³-hybridized carbons (Fsp3) is 0.200. The van der Waals surface area contributed by atoms with E-state index in [2.05, 4.69) is 9.97 Å². The molecule has 0 saturated carbocycles. The number of aliphatic hydroxyl groups excluding tert-OH is 1. The van der Waals surface area contributed by atoms with Gasteiger partial charge in [0.15, 0.2) is 0 Å². The number of aromatic nitrogens is 2. The largest absolute Gasteiger partial charge is 0.507 e. The maximum absolute atomic E-state index is 13.2. The number of carbonyl (C=O) groups is 3. The highest BCUT2D eigenvalue weighted by Crippen LogP contribution is 2.41. The Bertz CT molecular complexity index is 1310. The number of hydrogen-bond donors (Lipinski definition) is 2. The predicted molar refractivity (Wildman–Crippen MR) is 125 cm³/mol. The van der Waals surface area contributed by atoms with E-state index in [1.807, 2.05) is 0 Å². The number of aryl methyl sites for hydroxylation is 1. The van der Waals surface area contributed by atoms with Crippen molar-refractivity contribution in [2.45, 2.75) is 26.4 Å². The summed E-state index contributed by atoms with van der Waals surface area (Å²) in [4.78, 5) is 46.9. The number of pyridine rings is 1. The molecule has 8 nitrogen and oxygen atoms in total. The molecule has 2 N–H and O–H groups in total. The number of hydrogen-bond acceptors (Lipinski definition) is 6. The van der Waals surface area contributed by atoms with E-state index in [9.17, 15) is 19.5 Å². The topological polar surface area (TPSA) is 113 Å². The van der Waals surface area contributed by atoms with Crippen LogP contribution in [0.4, 0.5) is 0 Å². The molecule has 1 aromatic carbocycles. The highest BCUT2D eigenvalue weighted by atomic mass is 35.5. The first-order valence-electron chi connectivity index (χ1n) is 10.4. The van der Waals surface area contributed by atoms with Crippen molar-refractivity contribution in [3.8, 4) is 0 Å². The molecule has 3 aromatic rings. The van der Waals surface area contributed by atoms with E-state index in [1.165, 1.54) is 12.0 Å². The molecule has 1 amide bonds. The lowest BCUT2D eigenvalue weighted by Crippen LogP contribution is -2.29. The fourth-order valence-corrected chi connectivity index (χ4v) is 4.40. The highest BCUT2D eigenvalue weighted by molar-refractivity contribution is 6.46. The van der Waals surface area contributed by atoms with Crippen LogP contribution in [0.15, 0.2) is 54.4 Å². The molecule has 1 aliphatic heterocycles. The third-order valence-electron chi connectivity index (χ3n) is 5.87. The average Bonchev–Trinajstić information content (AvgIpc) is 3.27. The van der Waals surface area contributed by atoms with Gasteiger partial charge < -0.3 is 19.7 Å². The van der Waals surface area contributed by atoms with Crippen molar-refractivity contribution in [3.63, 3.8) is 0 Å². The normalized spacial score (nSPS) is 17.3. The van der Waals surface area contributed by atoms with Gasteiger partial charge in [-0.15, -0.1) is 0 Å². The number of rotatable bonds is 5. The number of aromatic amines is 1. The Morgan fingerprint density at radius 2 is 1.91 bits per heavy atom. The number of ether oxygens (including phenoxy) is 1. The second-order valence-corrected chi connectivity index (χ2v) is 8.39. The molecule has 9 heteroatoms. The van der Waals surface area contributed by atoms with E-state index < -0.39 is 23.7 Å². The van der Waals surface area contributed by atoms with Crippen molar-refractivity contribution in [1.29, 1.82) is 0 Å². The first-order valence-corrected chi connectivity index (χ1v) is 10.8. The van der Waals surface area contributed by atoms with E-state index in [4.69, 9.17) is 16.3 Å². The van der Waals surface area contributed by atoms with Gasteiger partial charge in [0.1, 0.15) is 11.5 Å². The fourth-order valence-electron chi connectivity index (χ4n) is 4.27. The molecule has 1 aliphatic rings. The van der Waals surface area contributed by atoms with Gasteiger partial charge in [0.25, 0.3) is 11.7 Å². The molecule has 34 heavy (non-hydrogen) atoms. The molecule has 174 valence electrons. The van der Waals surface area contributed by atoms with E-state index >= 15 is 0 Å². The van der Waals surface area contributed by atoms with Crippen LogP contribution in [0, 0.1) is 13.8 Å². The summed E-state index contributed by atoms with van der Waals surface area (Å²) in [6.45, 7) is 3.41. The summed E-state index contributed by atoms with van der Waals surface area (Å²) in [5.74, 6) is -2.54. The Balaban J connectivity index is 1.91. The quantitative estimate of drug-likeness (QED) is 0.247. The van der Waals surface area contributed by atoms with E-state index in [0.29, 0.717) is 21.8 Å². The first-order chi connectivity index (χ1) is 16.2. The monoisotopic (exact) mass is 479 g/mol. The molecule has 0 radical (unpaired) electrons. The Kier molecular flexibility index (Phi) is 6.26. The Hall–Kier alpha value is -3.91. The van der Waals surface area contributed by atoms with E-state index in [0.717, 1.165) is 5.56 Å². The van der Waals surface area contributed by atoms with Gasteiger partial charge in [0.05, 0.1) is 18.7 Å². The van der Waals surface area contributed by atoms with Crippen molar-refractivity contribution in [2.24, 2.45) is 0 Å². The van der Waals surface area contributed by atoms with Gasteiger partial charge in [-0.3, -0.25) is 14.6 Å². The smallest absolute Gasteiger partial charge is 0.354 e. The van der Waals surface area contributed by atoms with Gasteiger partial charge in [-0.05, 0) is 48.7 Å². The van der Waals surface area contributed by atoms with Crippen LogP contribution in [0.5, 0.6) is 0 Å². The zero-order valence-corrected chi connectivity index (χ0v) is 19.5. The Morgan fingerprint density at radius 1 is 1.21 bits per heavy atom. The SMILES string of the molecule is COC(=O)c1[nH]c(C)c(/C(O)=C2/C(=O)C(=O)N(Cc3cccnc3)C2c2ccc(Cl)cc2)c1C. The molecule has 3 heterocycles. The van der Waals surface area contributed by atoms with Crippen LogP contribution >= 0.6 is 11.6 Å². The summed E-state index contributed by atoms with van der Waals surface area (Å²) in [6, 6.07) is 9.40. The number of benzene rings is 1. The molecular weight excluding hydrogens is 458 g/mol. The summed E-state index contributed by atoms with van der Waals surface area (Å²) in [6.07, 6.45) is 3.23. The van der Waals surface area contributed by atoms with Gasteiger partial charge in [0, 0.05) is 35.2 Å². The van der Waals surface area contributed by atoms with E-state index in [-0.39, 0.29) is 29.1 Å². The van der Waals surface area contributed by atoms with Crippen LogP contribution in [0.2, 0.25) is 5.02 Å². The van der Waals surface area contributed by atoms with Gasteiger partial charge >= 0.3 is 5.97 Å². The van der Waals surface area contributed by atoms with Gasteiger partial charge in [-0.1, -0.05) is 29.8 Å². The van der Waals surface area contributed by atoms with Crippen LogP contribution < -0.4 is 0 Å². The standard InChI is InChI=1S/C25H22ClN3O5/c1-13-18(14(2)28-20(13)25(33)34-3)22(30)19-21(16-6-8-17(26)9-7-16)29(24(32)23(19)31)12-15-5-4-10-27-11-15/h4-11,21,28,30H,12H2,1-3H3/b22-19-. The summed E-state index contributed by atoms with van der Waals surface area (Å²) < 4.78 is 4.80. The molecule has 1 atom stereocenters. The van der Waals surface area contributed by atoms with Gasteiger partial charge in [-0.25, -0.2) is 4.79 Å². The first kappa shape index (κ1) is 23.3. The summed E-state index contributed by atoms with van der Waals surface area (Å²) >= 11 is 6.06. The molecule has 1 saturated heterocycles. The number of amides is 1. The Morgan fingerprint density at radius 3 is 2.53 bits per heavy atom. The van der Waals surface area contributed by atoms with Crippen molar-refractivity contribution in [1.82, 2.24) is 14.9 Å².